The van der Waals surface area contributed by atoms with Crippen molar-refractivity contribution in [1.29, 1.82) is 0 Å². The van der Waals surface area contributed by atoms with Crippen molar-refractivity contribution in [1.82, 2.24) is 10.4 Å². The molecule has 0 bridgehead atoms. The minimum Gasteiger partial charge on any atom is -0.453 e. The van der Waals surface area contributed by atoms with Crippen molar-refractivity contribution in [3.63, 3.8) is 0 Å². The van der Waals surface area contributed by atoms with Crippen LogP contribution in [-0.2, 0) is 16.1 Å². The second-order valence-electron chi connectivity index (χ2n) is 6.34. The molecule has 4 aromatic rings. The minimum absolute atomic E-state index is 0.110. The number of hydroxylamine groups is 1. The number of ether oxygens (including phenoxy) is 1. The second kappa shape index (κ2) is 6.78. The number of rotatable bonds is 5. The first kappa shape index (κ1) is 16.6. The van der Waals surface area contributed by atoms with Gasteiger partial charge >= 0.3 is 6.09 Å². The minimum atomic E-state index is -0.436. The van der Waals surface area contributed by atoms with Gasteiger partial charge in [-0.15, -0.1) is 0 Å². The van der Waals surface area contributed by atoms with Crippen LogP contribution < -0.4 is 5.48 Å². The van der Waals surface area contributed by atoms with Gasteiger partial charge in [-0.05, 0) is 37.9 Å². The van der Waals surface area contributed by atoms with E-state index < -0.39 is 6.09 Å². The molecule has 0 atom stereocenters. The van der Waals surface area contributed by atoms with Crippen LogP contribution in [0, 0.1) is 0 Å². The van der Waals surface area contributed by atoms with E-state index in [9.17, 15) is 4.79 Å². The van der Waals surface area contributed by atoms with Crippen LogP contribution in [0.25, 0.3) is 32.3 Å². The fourth-order valence-electron chi connectivity index (χ4n) is 3.43. The number of methoxy groups -OCH3 is 1. The third kappa shape index (κ3) is 2.81. The molecule has 0 aliphatic heterocycles. The fraction of sp³-hybridized carbons (Fsp3) is 0.190. The molecular formula is C21H20N2O3. The summed E-state index contributed by atoms with van der Waals surface area (Å²) in [7, 11) is 2.96. The van der Waals surface area contributed by atoms with Crippen LogP contribution in [-0.4, -0.2) is 31.9 Å². The topological polar surface area (TPSA) is 50.8 Å². The number of amides is 1. The summed E-state index contributed by atoms with van der Waals surface area (Å²) in [5.74, 6) is 0. The van der Waals surface area contributed by atoms with E-state index in [0.29, 0.717) is 6.54 Å². The highest BCUT2D eigenvalue weighted by atomic mass is 16.7. The van der Waals surface area contributed by atoms with Crippen molar-refractivity contribution in [3.8, 4) is 0 Å². The molecule has 0 heterocycles. The molecular weight excluding hydrogens is 328 g/mol. The van der Waals surface area contributed by atoms with Crippen LogP contribution in [0.5, 0.6) is 0 Å². The Morgan fingerprint density at radius 2 is 1.62 bits per heavy atom. The molecule has 26 heavy (non-hydrogen) atoms. The monoisotopic (exact) mass is 348 g/mol. The third-order valence-corrected chi connectivity index (χ3v) is 4.73. The number of nitrogens with zero attached hydrogens (tertiary/aromatic N) is 1. The Labute approximate surface area is 151 Å². The van der Waals surface area contributed by atoms with Crippen LogP contribution in [0.15, 0.2) is 54.6 Å². The zero-order valence-electron chi connectivity index (χ0n) is 14.8. The summed E-state index contributed by atoms with van der Waals surface area (Å²) in [6.45, 7) is 0.654. The Kier molecular flexibility index (Phi) is 4.32. The summed E-state index contributed by atoms with van der Waals surface area (Å²) in [6, 6.07) is 19.3. The summed E-state index contributed by atoms with van der Waals surface area (Å²) < 4.78 is 4.63. The lowest BCUT2D eigenvalue weighted by Gasteiger charge is -2.17. The van der Waals surface area contributed by atoms with Crippen LogP contribution in [0.2, 0.25) is 0 Å². The average molecular weight is 348 g/mol. The first-order valence-electron chi connectivity index (χ1n) is 8.48. The van der Waals surface area contributed by atoms with Crippen LogP contribution in [0.1, 0.15) is 5.56 Å². The third-order valence-electron chi connectivity index (χ3n) is 4.73. The predicted octanol–water partition coefficient (Wildman–Crippen LogP) is 4.26. The Hall–Kier alpha value is -2.89. The van der Waals surface area contributed by atoms with Crippen LogP contribution >= 0.6 is 0 Å². The van der Waals surface area contributed by atoms with Gasteiger partial charge in [-0.25, -0.2) is 4.79 Å². The molecule has 0 fully saturated rings. The quantitative estimate of drug-likeness (QED) is 0.253. The van der Waals surface area contributed by atoms with Gasteiger partial charge in [0.1, 0.15) is 6.73 Å². The van der Waals surface area contributed by atoms with E-state index in [1.807, 2.05) is 0 Å². The predicted molar refractivity (Wildman–Crippen MR) is 103 cm³/mol. The van der Waals surface area contributed by atoms with E-state index >= 15 is 0 Å². The van der Waals surface area contributed by atoms with E-state index in [1.165, 1.54) is 44.3 Å². The highest BCUT2D eigenvalue weighted by Gasteiger charge is 2.11. The maximum atomic E-state index is 11.3. The van der Waals surface area contributed by atoms with Crippen molar-refractivity contribution in [2.45, 2.75) is 6.54 Å². The molecule has 4 aromatic carbocycles. The fourth-order valence-corrected chi connectivity index (χ4v) is 3.43. The number of carbonyl (C=O) groups excluding carboxylic acids is 1. The molecule has 5 nitrogen and oxygen atoms in total. The molecule has 132 valence electrons. The highest BCUT2D eigenvalue weighted by molar-refractivity contribution is 6.23. The Balaban J connectivity index is 1.61. The van der Waals surface area contributed by atoms with Crippen molar-refractivity contribution in [3.05, 3.63) is 60.2 Å². The maximum absolute atomic E-state index is 11.3. The normalized spacial score (nSPS) is 11.5. The lowest BCUT2D eigenvalue weighted by molar-refractivity contribution is -0.0233. The Morgan fingerprint density at radius 3 is 2.35 bits per heavy atom. The number of hydrogen-bond donors (Lipinski definition) is 1. The van der Waals surface area contributed by atoms with Gasteiger partial charge in [0, 0.05) is 13.6 Å². The lowest BCUT2D eigenvalue weighted by atomic mass is 9.92. The molecule has 0 spiro atoms. The number of carbonyl (C=O) groups is 1. The number of benzene rings is 4. The second-order valence-corrected chi connectivity index (χ2v) is 6.34. The van der Waals surface area contributed by atoms with Crippen molar-refractivity contribution in [2.24, 2.45) is 0 Å². The molecule has 0 aliphatic carbocycles. The van der Waals surface area contributed by atoms with Gasteiger partial charge in [-0.1, -0.05) is 54.6 Å². The van der Waals surface area contributed by atoms with E-state index in [2.05, 4.69) is 64.8 Å². The van der Waals surface area contributed by atoms with Gasteiger partial charge in [-0.2, -0.15) is 5.48 Å². The molecule has 0 aromatic heterocycles. The standard InChI is InChI=1S/C21H20N2O3/c1-23(21(24)25-2)13-26-22-12-17-9-8-16-7-6-14-4-3-5-15-10-11-18(17)20(16)19(14)15/h3-11,22H,12-13H2,1-2H3. The van der Waals surface area contributed by atoms with E-state index in [0.717, 1.165) is 5.56 Å². The van der Waals surface area contributed by atoms with Crippen molar-refractivity contribution in [2.75, 3.05) is 20.9 Å². The van der Waals surface area contributed by atoms with E-state index in [4.69, 9.17) is 4.84 Å². The zero-order chi connectivity index (χ0) is 18.1. The summed E-state index contributed by atoms with van der Waals surface area (Å²) >= 11 is 0. The highest BCUT2D eigenvalue weighted by Crippen LogP contribution is 2.35. The van der Waals surface area contributed by atoms with Gasteiger partial charge in [0.05, 0.1) is 7.11 Å². The summed E-state index contributed by atoms with van der Waals surface area (Å²) in [4.78, 5) is 18.1. The molecule has 0 aliphatic rings. The Morgan fingerprint density at radius 1 is 0.962 bits per heavy atom. The molecule has 0 saturated heterocycles. The summed E-state index contributed by atoms with van der Waals surface area (Å²) in [5, 5.41) is 7.54. The molecule has 0 unspecified atom stereocenters. The molecule has 5 heteroatoms. The van der Waals surface area contributed by atoms with Gasteiger partial charge in [-0.3, -0.25) is 9.74 Å². The average Bonchev–Trinajstić information content (AvgIpc) is 2.69. The van der Waals surface area contributed by atoms with Crippen LogP contribution in [0.4, 0.5) is 4.79 Å². The zero-order valence-corrected chi connectivity index (χ0v) is 14.8. The molecule has 4 rings (SSSR count). The van der Waals surface area contributed by atoms with Crippen molar-refractivity contribution >= 4 is 38.4 Å². The van der Waals surface area contributed by atoms with Gasteiger partial charge in [0.2, 0.25) is 0 Å². The Bertz CT molecular complexity index is 1060. The largest absolute Gasteiger partial charge is 0.453 e. The van der Waals surface area contributed by atoms with Crippen molar-refractivity contribution < 1.29 is 14.4 Å². The lowest BCUT2D eigenvalue weighted by Crippen LogP contribution is -2.32. The molecule has 0 saturated carbocycles. The first-order valence-corrected chi connectivity index (χ1v) is 8.48. The SMILES string of the molecule is COC(=O)N(C)CONCc1ccc2ccc3cccc4ccc1c2c34. The summed E-state index contributed by atoms with van der Waals surface area (Å²) in [6.07, 6.45) is -0.436. The van der Waals surface area contributed by atoms with Gasteiger partial charge in [0.25, 0.3) is 0 Å². The van der Waals surface area contributed by atoms with Gasteiger partial charge in [0.15, 0.2) is 0 Å². The first-order chi connectivity index (χ1) is 12.7. The molecule has 0 radical (unpaired) electrons. The maximum Gasteiger partial charge on any atom is 0.411 e. The molecule has 1 amide bonds. The summed E-state index contributed by atoms with van der Waals surface area (Å²) in [5.41, 5.74) is 4.09. The van der Waals surface area contributed by atoms with E-state index in [1.54, 1.807) is 7.05 Å². The number of hydrogen-bond acceptors (Lipinski definition) is 4. The van der Waals surface area contributed by atoms with Crippen LogP contribution in [0.3, 0.4) is 0 Å². The van der Waals surface area contributed by atoms with E-state index in [-0.39, 0.29) is 6.73 Å². The number of nitrogens with one attached hydrogen (secondary N) is 1. The smallest absolute Gasteiger partial charge is 0.411 e. The molecule has 1 N–H and O–H groups in total. The van der Waals surface area contributed by atoms with Gasteiger partial charge < -0.3 is 4.74 Å².